The largest absolute Gasteiger partial charge is 0.264 e. The normalized spacial score (nSPS) is 12.3. The Morgan fingerprint density at radius 1 is 1.33 bits per heavy atom. The van der Waals surface area contributed by atoms with Crippen molar-refractivity contribution >= 4 is 0 Å². The number of aryl methyl sites for hydroxylation is 1. The second-order valence-electron chi connectivity index (χ2n) is 3.73. The summed E-state index contributed by atoms with van der Waals surface area (Å²) in [6.45, 7) is 1.87. The van der Waals surface area contributed by atoms with Gasteiger partial charge in [0, 0.05) is 17.8 Å². The van der Waals surface area contributed by atoms with Gasteiger partial charge in [0.15, 0.2) is 0 Å². The molecule has 0 amide bonds. The summed E-state index contributed by atoms with van der Waals surface area (Å²) in [6.07, 6.45) is 3.13. The zero-order valence-corrected chi connectivity index (χ0v) is 9.06. The van der Waals surface area contributed by atoms with Gasteiger partial charge >= 0.3 is 0 Å². The van der Waals surface area contributed by atoms with E-state index in [9.17, 15) is 10.1 Å². The van der Waals surface area contributed by atoms with Crippen molar-refractivity contribution in [1.82, 2.24) is 0 Å². The Hall–Kier alpha value is -1.38. The lowest BCUT2D eigenvalue weighted by Crippen LogP contribution is -2.18. The number of hydrogen-bond donors (Lipinski definition) is 0. The maximum atomic E-state index is 10.6. The van der Waals surface area contributed by atoms with Gasteiger partial charge in [-0.3, -0.25) is 10.1 Å². The Morgan fingerprint density at radius 3 is 2.53 bits per heavy atom. The molecular weight excluding hydrogens is 190 g/mol. The topological polar surface area (TPSA) is 43.1 Å². The predicted molar refractivity (Wildman–Crippen MR) is 60.5 cm³/mol. The summed E-state index contributed by atoms with van der Waals surface area (Å²) < 4.78 is 0. The Bertz CT molecular complexity index is 298. The third-order valence-corrected chi connectivity index (χ3v) is 2.62. The third kappa shape index (κ3) is 4.11. The molecule has 0 heterocycles. The van der Waals surface area contributed by atoms with Crippen molar-refractivity contribution in [3.05, 3.63) is 46.0 Å². The highest BCUT2D eigenvalue weighted by molar-refractivity contribution is 5.14. The predicted octanol–water partition coefficient (Wildman–Crippen LogP) is 3.06. The lowest BCUT2D eigenvalue weighted by molar-refractivity contribution is -0.523. The van der Waals surface area contributed by atoms with E-state index < -0.39 is 0 Å². The van der Waals surface area contributed by atoms with E-state index in [4.69, 9.17) is 0 Å². The molecule has 1 aromatic carbocycles. The molecule has 0 N–H and O–H groups in total. The summed E-state index contributed by atoms with van der Waals surface area (Å²) in [5.74, 6) is 0. The van der Waals surface area contributed by atoms with Crippen LogP contribution < -0.4 is 0 Å². The van der Waals surface area contributed by atoms with Crippen LogP contribution in [-0.4, -0.2) is 11.0 Å². The van der Waals surface area contributed by atoms with E-state index in [1.807, 2.05) is 25.1 Å². The minimum absolute atomic E-state index is 0.162. The quantitative estimate of drug-likeness (QED) is 0.531. The number of benzene rings is 1. The number of nitrogens with zero attached hydrogens (tertiary/aromatic N) is 1. The monoisotopic (exact) mass is 207 g/mol. The summed E-state index contributed by atoms with van der Waals surface area (Å²) in [7, 11) is 0. The Labute approximate surface area is 90.3 Å². The smallest absolute Gasteiger partial charge is 0.212 e. The van der Waals surface area contributed by atoms with Crippen LogP contribution in [0.5, 0.6) is 0 Å². The first kappa shape index (κ1) is 11.7. The van der Waals surface area contributed by atoms with Gasteiger partial charge in [0.05, 0.1) is 0 Å². The van der Waals surface area contributed by atoms with Gasteiger partial charge in [0.2, 0.25) is 6.04 Å². The minimum atomic E-state index is -0.367. The first-order valence-electron chi connectivity index (χ1n) is 5.41. The number of rotatable bonds is 6. The molecule has 0 saturated heterocycles. The SMILES string of the molecule is CCC(CCCc1ccccc1)[N+](=O)[O-]. The van der Waals surface area contributed by atoms with Gasteiger partial charge in [0.1, 0.15) is 0 Å². The summed E-state index contributed by atoms with van der Waals surface area (Å²) in [4.78, 5) is 10.4. The molecule has 0 aliphatic heterocycles. The van der Waals surface area contributed by atoms with Crippen LogP contribution in [0.2, 0.25) is 0 Å². The molecule has 82 valence electrons. The number of hydrogen-bond acceptors (Lipinski definition) is 2. The average molecular weight is 207 g/mol. The first-order valence-corrected chi connectivity index (χ1v) is 5.41. The minimum Gasteiger partial charge on any atom is -0.264 e. The van der Waals surface area contributed by atoms with E-state index in [2.05, 4.69) is 12.1 Å². The Kier molecular flexibility index (Phi) is 4.81. The summed E-state index contributed by atoms with van der Waals surface area (Å²) in [5, 5.41) is 10.6. The molecule has 1 rings (SSSR count). The molecule has 1 unspecified atom stereocenters. The van der Waals surface area contributed by atoms with Crippen LogP contribution in [0.15, 0.2) is 30.3 Å². The zero-order valence-electron chi connectivity index (χ0n) is 9.06. The van der Waals surface area contributed by atoms with Gasteiger partial charge in [-0.05, 0) is 18.4 Å². The van der Waals surface area contributed by atoms with E-state index in [-0.39, 0.29) is 11.0 Å². The maximum Gasteiger partial charge on any atom is 0.212 e. The average Bonchev–Trinajstić information content (AvgIpc) is 2.25. The first-order chi connectivity index (χ1) is 7.24. The molecule has 15 heavy (non-hydrogen) atoms. The molecule has 1 atom stereocenters. The van der Waals surface area contributed by atoms with Crippen molar-refractivity contribution in [2.75, 3.05) is 0 Å². The second kappa shape index (κ2) is 6.17. The molecule has 3 nitrogen and oxygen atoms in total. The van der Waals surface area contributed by atoms with Crippen LogP contribution in [0.1, 0.15) is 31.7 Å². The van der Waals surface area contributed by atoms with Crippen LogP contribution in [0.4, 0.5) is 0 Å². The van der Waals surface area contributed by atoms with Crippen molar-refractivity contribution in [1.29, 1.82) is 0 Å². The Morgan fingerprint density at radius 2 is 2.00 bits per heavy atom. The molecule has 3 heteroatoms. The highest BCUT2D eigenvalue weighted by Crippen LogP contribution is 2.10. The van der Waals surface area contributed by atoms with Gasteiger partial charge in [-0.1, -0.05) is 37.3 Å². The highest BCUT2D eigenvalue weighted by Gasteiger charge is 2.15. The van der Waals surface area contributed by atoms with Crippen LogP contribution in [0.3, 0.4) is 0 Å². The standard InChI is InChI=1S/C12H17NO2/c1-2-12(13(14)15)10-6-9-11-7-4-3-5-8-11/h3-5,7-8,12H,2,6,9-10H2,1H3. The van der Waals surface area contributed by atoms with Crippen molar-refractivity contribution in [2.24, 2.45) is 0 Å². The van der Waals surface area contributed by atoms with Gasteiger partial charge in [0.25, 0.3) is 0 Å². The molecule has 0 bridgehead atoms. The van der Waals surface area contributed by atoms with Crippen molar-refractivity contribution < 1.29 is 4.92 Å². The van der Waals surface area contributed by atoms with Crippen LogP contribution in [0.25, 0.3) is 0 Å². The molecule has 0 radical (unpaired) electrons. The van der Waals surface area contributed by atoms with Crippen molar-refractivity contribution in [2.45, 2.75) is 38.6 Å². The fourth-order valence-corrected chi connectivity index (χ4v) is 1.65. The third-order valence-electron chi connectivity index (χ3n) is 2.62. The lowest BCUT2D eigenvalue weighted by atomic mass is 10.0. The summed E-state index contributed by atoms with van der Waals surface area (Å²) in [5.41, 5.74) is 1.26. The van der Waals surface area contributed by atoms with E-state index in [1.165, 1.54) is 5.56 Å². The van der Waals surface area contributed by atoms with Crippen molar-refractivity contribution in [3.8, 4) is 0 Å². The van der Waals surface area contributed by atoms with Gasteiger partial charge < -0.3 is 0 Å². The molecule has 0 fully saturated rings. The Balaban J connectivity index is 2.30. The molecule has 0 saturated carbocycles. The number of nitro groups is 1. The van der Waals surface area contributed by atoms with Crippen LogP contribution >= 0.6 is 0 Å². The fourth-order valence-electron chi connectivity index (χ4n) is 1.65. The fraction of sp³-hybridized carbons (Fsp3) is 0.500. The highest BCUT2D eigenvalue weighted by atomic mass is 16.6. The second-order valence-corrected chi connectivity index (χ2v) is 3.73. The summed E-state index contributed by atoms with van der Waals surface area (Å²) in [6, 6.07) is 9.74. The van der Waals surface area contributed by atoms with E-state index >= 15 is 0 Å². The molecular formula is C12H17NO2. The lowest BCUT2D eigenvalue weighted by Gasteiger charge is -2.06. The zero-order chi connectivity index (χ0) is 11.1. The van der Waals surface area contributed by atoms with Crippen LogP contribution in [0, 0.1) is 10.1 Å². The van der Waals surface area contributed by atoms with E-state index in [0.717, 1.165) is 12.8 Å². The van der Waals surface area contributed by atoms with E-state index in [0.29, 0.717) is 12.8 Å². The molecule has 1 aromatic rings. The van der Waals surface area contributed by atoms with Gasteiger partial charge in [-0.25, -0.2) is 0 Å². The van der Waals surface area contributed by atoms with Crippen molar-refractivity contribution in [3.63, 3.8) is 0 Å². The molecule has 0 spiro atoms. The van der Waals surface area contributed by atoms with Gasteiger partial charge in [-0.15, -0.1) is 0 Å². The van der Waals surface area contributed by atoms with E-state index in [1.54, 1.807) is 0 Å². The van der Waals surface area contributed by atoms with Gasteiger partial charge in [-0.2, -0.15) is 0 Å². The molecule has 0 aromatic heterocycles. The molecule has 0 aliphatic rings. The maximum absolute atomic E-state index is 10.6. The van der Waals surface area contributed by atoms with Crippen LogP contribution in [-0.2, 0) is 6.42 Å². The molecule has 0 aliphatic carbocycles. The summed E-state index contributed by atoms with van der Waals surface area (Å²) >= 11 is 0.